The average molecular weight is 547 g/mol. The molecule has 7 heteroatoms. The minimum Gasteiger partial charge on any atom is -0.497 e. The molecule has 2 amide bonds. The summed E-state index contributed by atoms with van der Waals surface area (Å²) in [7, 11) is 3.13. The zero-order valence-electron chi connectivity index (χ0n) is 23.0. The van der Waals surface area contributed by atoms with Gasteiger partial charge in [0.2, 0.25) is 0 Å². The number of amides is 2. The molecule has 0 unspecified atom stereocenters. The highest BCUT2D eigenvalue weighted by Gasteiger charge is 2.15. The molecule has 0 spiro atoms. The molecule has 0 aliphatic rings. The van der Waals surface area contributed by atoms with Gasteiger partial charge < -0.3 is 20.1 Å². The van der Waals surface area contributed by atoms with Gasteiger partial charge in [-0.05, 0) is 85.3 Å². The molecule has 4 aromatic rings. The van der Waals surface area contributed by atoms with E-state index in [1.165, 1.54) is 6.08 Å². The van der Waals surface area contributed by atoms with E-state index in [1.54, 1.807) is 93.1 Å². The lowest BCUT2D eigenvalue weighted by atomic mass is 10.1. The molecular formula is C34H30N2O5. The van der Waals surface area contributed by atoms with Crippen molar-refractivity contribution in [2.45, 2.75) is 6.92 Å². The number of aryl methyl sites for hydroxylation is 1. The van der Waals surface area contributed by atoms with Crippen molar-refractivity contribution in [3.8, 4) is 11.5 Å². The molecular weight excluding hydrogens is 516 g/mol. The Labute approximate surface area is 239 Å². The van der Waals surface area contributed by atoms with Gasteiger partial charge in [0.25, 0.3) is 11.8 Å². The fourth-order valence-corrected chi connectivity index (χ4v) is 4.02. The third-order valence-corrected chi connectivity index (χ3v) is 6.16. The van der Waals surface area contributed by atoms with Crippen molar-refractivity contribution in [3.63, 3.8) is 0 Å². The quantitative estimate of drug-likeness (QED) is 0.179. The molecule has 7 nitrogen and oxygen atoms in total. The van der Waals surface area contributed by atoms with E-state index < -0.39 is 11.8 Å². The van der Waals surface area contributed by atoms with Crippen LogP contribution in [0.15, 0.2) is 109 Å². The third kappa shape index (κ3) is 7.80. The van der Waals surface area contributed by atoms with Crippen LogP contribution in [0.1, 0.15) is 37.4 Å². The van der Waals surface area contributed by atoms with Crippen LogP contribution in [0, 0.1) is 6.92 Å². The van der Waals surface area contributed by atoms with Crippen molar-refractivity contribution >= 4 is 35.4 Å². The smallest absolute Gasteiger partial charge is 0.272 e. The highest BCUT2D eigenvalue weighted by atomic mass is 16.5. The molecule has 0 heterocycles. The summed E-state index contributed by atoms with van der Waals surface area (Å²) >= 11 is 0. The number of benzene rings is 4. The van der Waals surface area contributed by atoms with E-state index in [9.17, 15) is 14.4 Å². The van der Waals surface area contributed by atoms with Crippen LogP contribution in [0.25, 0.3) is 12.2 Å². The summed E-state index contributed by atoms with van der Waals surface area (Å²) in [6.07, 6.45) is 4.74. The van der Waals surface area contributed by atoms with Crippen LogP contribution >= 0.6 is 0 Å². The van der Waals surface area contributed by atoms with E-state index in [0.29, 0.717) is 33.9 Å². The number of carbonyl (C=O) groups excluding carboxylic acids is 3. The summed E-state index contributed by atoms with van der Waals surface area (Å²) in [4.78, 5) is 38.9. The summed E-state index contributed by atoms with van der Waals surface area (Å²) in [5, 5.41) is 5.53. The highest BCUT2D eigenvalue weighted by Crippen LogP contribution is 2.25. The first-order chi connectivity index (χ1) is 19.9. The van der Waals surface area contributed by atoms with Crippen LogP contribution in [0.2, 0.25) is 0 Å². The topological polar surface area (TPSA) is 93.7 Å². The Balaban J connectivity index is 1.50. The van der Waals surface area contributed by atoms with E-state index >= 15 is 0 Å². The van der Waals surface area contributed by atoms with E-state index in [-0.39, 0.29) is 11.5 Å². The molecule has 0 aliphatic carbocycles. The first-order valence-corrected chi connectivity index (χ1v) is 12.9. The molecule has 4 aromatic carbocycles. The second kappa shape index (κ2) is 13.6. The molecule has 0 radical (unpaired) electrons. The molecule has 41 heavy (non-hydrogen) atoms. The first kappa shape index (κ1) is 28.6. The van der Waals surface area contributed by atoms with Gasteiger partial charge in [0.1, 0.15) is 17.2 Å². The highest BCUT2D eigenvalue weighted by molar-refractivity contribution is 6.11. The number of methoxy groups -OCH3 is 2. The number of allylic oxidation sites excluding steroid dienone is 1. The van der Waals surface area contributed by atoms with Crippen molar-refractivity contribution in [1.82, 2.24) is 5.32 Å². The Morgan fingerprint density at radius 3 is 2.20 bits per heavy atom. The van der Waals surface area contributed by atoms with Gasteiger partial charge in [0.15, 0.2) is 5.78 Å². The normalized spacial score (nSPS) is 11.1. The number of anilines is 1. The Bertz CT molecular complexity index is 1610. The minimum absolute atomic E-state index is 0.0831. The summed E-state index contributed by atoms with van der Waals surface area (Å²) < 4.78 is 10.6. The second-order valence-corrected chi connectivity index (χ2v) is 9.13. The minimum atomic E-state index is -0.500. The second-order valence-electron chi connectivity index (χ2n) is 9.13. The van der Waals surface area contributed by atoms with Gasteiger partial charge in [0.05, 0.1) is 14.2 Å². The van der Waals surface area contributed by atoms with Crippen molar-refractivity contribution in [2.24, 2.45) is 0 Å². The van der Waals surface area contributed by atoms with Crippen LogP contribution in [0.5, 0.6) is 11.5 Å². The predicted octanol–water partition coefficient (Wildman–Crippen LogP) is 6.32. The standard InChI is InChI=1S/C34H30N2O5/c1-23-8-7-9-24(20-23)21-30(36-33(38)26-10-5-4-6-11-26)34(39)35-28-15-12-25(13-16-28)31(37)18-14-27-22-29(40-2)17-19-32(27)41-3/h4-22H,1-3H3,(H,35,39)(H,36,38)/b18-14+,30-21-. The third-order valence-electron chi connectivity index (χ3n) is 6.16. The van der Waals surface area contributed by atoms with Gasteiger partial charge in [-0.1, -0.05) is 48.0 Å². The van der Waals surface area contributed by atoms with Crippen LogP contribution in [0.4, 0.5) is 5.69 Å². The molecule has 2 N–H and O–H groups in total. The SMILES string of the molecule is COc1ccc(OC)c(/C=C/C(=O)c2ccc(NC(=O)/C(=C/c3cccc(C)c3)NC(=O)c3ccccc3)cc2)c1. The Kier molecular flexibility index (Phi) is 9.46. The number of hydrogen-bond donors (Lipinski definition) is 2. The lowest BCUT2D eigenvalue weighted by molar-refractivity contribution is -0.113. The largest absolute Gasteiger partial charge is 0.497 e. The molecule has 0 fully saturated rings. The summed E-state index contributed by atoms with van der Waals surface area (Å²) in [6, 6.07) is 28.1. The van der Waals surface area contributed by atoms with E-state index in [0.717, 1.165) is 11.1 Å². The fraction of sp³-hybridized carbons (Fsp3) is 0.0882. The molecule has 206 valence electrons. The van der Waals surface area contributed by atoms with Gasteiger partial charge in [-0.15, -0.1) is 0 Å². The van der Waals surface area contributed by atoms with Gasteiger partial charge in [0, 0.05) is 22.4 Å². The number of ketones is 1. The Morgan fingerprint density at radius 2 is 1.51 bits per heavy atom. The molecule has 4 rings (SSSR count). The van der Waals surface area contributed by atoms with Gasteiger partial charge in [-0.2, -0.15) is 0 Å². The van der Waals surface area contributed by atoms with Gasteiger partial charge in [-0.3, -0.25) is 14.4 Å². The maximum absolute atomic E-state index is 13.3. The van der Waals surface area contributed by atoms with Crippen LogP contribution in [-0.2, 0) is 4.79 Å². The van der Waals surface area contributed by atoms with Crippen molar-refractivity contribution in [2.75, 3.05) is 19.5 Å². The van der Waals surface area contributed by atoms with Crippen molar-refractivity contribution in [1.29, 1.82) is 0 Å². The summed E-state index contributed by atoms with van der Waals surface area (Å²) in [5.41, 5.74) is 3.91. The monoisotopic (exact) mass is 546 g/mol. The Morgan fingerprint density at radius 1 is 0.756 bits per heavy atom. The van der Waals surface area contributed by atoms with E-state index in [1.807, 2.05) is 37.3 Å². The molecule has 0 bridgehead atoms. The number of carbonyl (C=O) groups is 3. The number of hydrogen-bond acceptors (Lipinski definition) is 5. The average Bonchev–Trinajstić information content (AvgIpc) is 3.00. The maximum atomic E-state index is 13.3. The molecule has 0 saturated heterocycles. The van der Waals surface area contributed by atoms with Crippen molar-refractivity contribution in [3.05, 3.63) is 137 Å². The summed E-state index contributed by atoms with van der Waals surface area (Å²) in [6.45, 7) is 1.95. The van der Waals surface area contributed by atoms with Gasteiger partial charge in [-0.25, -0.2) is 0 Å². The lowest BCUT2D eigenvalue weighted by Gasteiger charge is -2.12. The molecule has 0 saturated carbocycles. The fourth-order valence-electron chi connectivity index (χ4n) is 4.02. The number of rotatable bonds is 10. The van der Waals surface area contributed by atoms with Crippen LogP contribution < -0.4 is 20.1 Å². The zero-order valence-corrected chi connectivity index (χ0v) is 23.0. The zero-order chi connectivity index (χ0) is 29.2. The van der Waals surface area contributed by atoms with Crippen LogP contribution in [-0.4, -0.2) is 31.8 Å². The van der Waals surface area contributed by atoms with Crippen LogP contribution in [0.3, 0.4) is 0 Å². The maximum Gasteiger partial charge on any atom is 0.272 e. The molecule has 0 atom stereocenters. The van der Waals surface area contributed by atoms with E-state index in [2.05, 4.69) is 10.6 Å². The van der Waals surface area contributed by atoms with Gasteiger partial charge >= 0.3 is 0 Å². The number of nitrogens with one attached hydrogen (secondary N) is 2. The Hall–Kier alpha value is -5.43. The van der Waals surface area contributed by atoms with Crippen molar-refractivity contribution < 1.29 is 23.9 Å². The molecule has 0 aromatic heterocycles. The number of ether oxygens (including phenoxy) is 2. The lowest BCUT2D eigenvalue weighted by Crippen LogP contribution is -2.30. The van der Waals surface area contributed by atoms with E-state index in [4.69, 9.17) is 9.47 Å². The summed E-state index contributed by atoms with van der Waals surface area (Å²) in [5.74, 6) is 0.137. The molecule has 0 aliphatic heterocycles. The first-order valence-electron chi connectivity index (χ1n) is 12.9. The predicted molar refractivity (Wildman–Crippen MR) is 161 cm³/mol.